The normalized spacial score (nSPS) is 14.2. The van der Waals surface area contributed by atoms with Crippen LogP contribution in [-0.2, 0) is 27.9 Å². The van der Waals surface area contributed by atoms with Crippen LogP contribution in [0, 0.1) is 0 Å². The van der Waals surface area contributed by atoms with Crippen LogP contribution >= 0.6 is 7.82 Å². The lowest BCUT2D eigenvalue weighted by Crippen LogP contribution is -2.47. The van der Waals surface area contributed by atoms with Crippen molar-refractivity contribution in [2.75, 3.05) is 40.9 Å². The van der Waals surface area contributed by atoms with Crippen molar-refractivity contribution in [1.82, 2.24) is 5.32 Å². The van der Waals surface area contributed by atoms with Crippen LogP contribution in [0.3, 0.4) is 0 Å². The van der Waals surface area contributed by atoms with Crippen molar-refractivity contribution < 1.29 is 37.3 Å². The first kappa shape index (κ1) is 72.5. The van der Waals surface area contributed by atoms with Crippen LogP contribution < -0.4 is 10.2 Å². The van der Waals surface area contributed by atoms with E-state index in [0.29, 0.717) is 17.4 Å². The van der Waals surface area contributed by atoms with Gasteiger partial charge >= 0.3 is 5.97 Å². The number of allylic oxidation sites excluding steroid dienone is 11. The van der Waals surface area contributed by atoms with E-state index in [0.717, 1.165) is 77.0 Å². The predicted octanol–water partition coefficient (Wildman–Crippen LogP) is 18.6. The highest BCUT2D eigenvalue weighted by atomic mass is 31.2. The smallest absolute Gasteiger partial charge is 0.306 e. The highest BCUT2D eigenvalue weighted by Crippen LogP contribution is 2.38. The quantitative estimate of drug-likeness (QED) is 0.0212. The predicted molar refractivity (Wildman–Crippen MR) is 321 cm³/mol. The zero-order valence-corrected chi connectivity index (χ0v) is 50.6. The van der Waals surface area contributed by atoms with E-state index in [1.54, 1.807) is 0 Å². The van der Waals surface area contributed by atoms with Crippen molar-refractivity contribution in [3.8, 4) is 0 Å². The molecule has 75 heavy (non-hydrogen) atoms. The van der Waals surface area contributed by atoms with Crippen LogP contribution in [0.2, 0.25) is 0 Å². The van der Waals surface area contributed by atoms with Gasteiger partial charge < -0.3 is 28.5 Å². The molecule has 0 aliphatic carbocycles. The number of phosphoric ester groups is 1. The summed E-state index contributed by atoms with van der Waals surface area (Å²) >= 11 is 0. The van der Waals surface area contributed by atoms with E-state index < -0.39 is 26.6 Å². The standard InChI is InChI=1S/C65H119N2O7P/c1-7-10-13-16-19-22-25-27-29-31-33-35-37-39-42-45-48-51-54-57-64(68)66-62(61-73-75(70,71)72-60-59-67(4,5)6)63(56-53-50-47-44-41-24-21-18-15-12-9-3)74-65(69)58-55-52-49-46-43-40-38-36-34-32-30-28-26-23-20-17-14-11-8-2/h19,22,27-30,33,35,39,42,53,56,62-63H,7-18,20-21,23-26,31-32,34,36-38,40-41,43-52,54-55,57-61H2,1-6H3,(H-,66,68,70,71)/b22-19-,29-27-,30-28+,35-33-,42-39-,56-53+. The molecule has 0 saturated heterocycles. The summed E-state index contributed by atoms with van der Waals surface area (Å²) in [6.45, 7) is 6.79. The first-order valence-corrected chi connectivity index (χ1v) is 32.7. The van der Waals surface area contributed by atoms with Gasteiger partial charge in [0, 0.05) is 12.8 Å². The van der Waals surface area contributed by atoms with E-state index in [9.17, 15) is 19.0 Å². The maximum atomic E-state index is 13.5. The Morgan fingerprint density at radius 3 is 1.27 bits per heavy atom. The summed E-state index contributed by atoms with van der Waals surface area (Å²) in [6.07, 6.45) is 70.1. The van der Waals surface area contributed by atoms with Crippen LogP contribution in [0.25, 0.3) is 0 Å². The molecule has 0 bridgehead atoms. The minimum absolute atomic E-state index is 0.0311. The summed E-state index contributed by atoms with van der Waals surface area (Å²) in [5, 5.41) is 3.01. The Balaban J connectivity index is 5.28. The van der Waals surface area contributed by atoms with Crippen LogP contribution in [-0.4, -0.2) is 69.4 Å². The van der Waals surface area contributed by atoms with E-state index >= 15 is 0 Å². The fourth-order valence-corrected chi connectivity index (χ4v) is 9.46. The van der Waals surface area contributed by atoms with Gasteiger partial charge in [-0.15, -0.1) is 0 Å². The minimum Gasteiger partial charge on any atom is -0.756 e. The minimum atomic E-state index is -4.71. The SMILES string of the molecule is CCCCC/C=C\C/C=C\C/C=C\C/C=C\CCCCCC(=O)NC(COP(=O)([O-])OCC[N+](C)(C)C)C(/C=C/CCCCCCCCCCC)OC(=O)CCCCCCCCCCC/C=C/CCCCCCCC. The number of ether oxygens (including phenoxy) is 1. The molecule has 0 radical (unpaired) electrons. The Hall–Kier alpha value is -2.55. The largest absolute Gasteiger partial charge is 0.756 e. The van der Waals surface area contributed by atoms with E-state index in [2.05, 4.69) is 86.8 Å². The third kappa shape index (κ3) is 56.0. The van der Waals surface area contributed by atoms with Gasteiger partial charge in [0.1, 0.15) is 19.3 Å². The van der Waals surface area contributed by atoms with Gasteiger partial charge in [-0.05, 0) is 102 Å². The number of rotatable bonds is 56. The summed E-state index contributed by atoms with van der Waals surface area (Å²) in [5.41, 5.74) is 0. The van der Waals surface area contributed by atoms with Crippen molar-refractivity contribution in [1.29, 1.82) is 0 Å². The molecule has 0 spiro atoms. The average Bonchev–Trinajstić information content (AvgIpc) is 3.37. The lowest BCUT2D eigenvalue weighted by atomic mass is 10.0. The molecule has 0 heterocycles. The van der Waals surface area contributed by atoms with Crippen LogP contribution in [0.4, 0.5) is 0 Å². The monoisotopic (exact) mass is 1070 g/mol. The van der Waals surface area contributed by atoms with Crippen molar-refractivity contribution in [3.63, 3.8) is 0 Å². The second kappa shape index (κ2) is 54.8. The fourth-order valence-electron chi connectivity index (χ4n) is 8.74. The number of nitrogens with one attached hydrogen (secondary N) is 1. The zero-order chi connectivity index (χ0) is 55.0. The molecule has 1 amide bonds. The van der Waals surface area contributed by atoms with Crippen LogP contribution in [0.5, 0.6) is 0 Å². The van der Waals surface area contributed by atoms with E-state index in [1.165, 1.54) is 161 Å². The third-order valence-corrected chi connectivity index (χ3v) is 14.6. The van der Waals surface area contributed by atoms with Crippen molar-refractivity contribution in [2.45, 2.75) is 290 Å². The molecule has 3 atom stereocenters. The molecule has 9 nitrogen and oxygen atoms in total. The number of phosphoric acid groups is 1. The van der Waals surface area contributed by atoms with Crippen molar-refractivity contribution in [2.24, 2.45) is 0 Å². The van der Waals surface area contributed by atoms with Gasteiger partial charge in [-0.25, -0.2) is 0 Å². The lowest BCUT2D eigenvalue weighted by Gasteiger charge is -2.30. The van der Waals surface area contributed by atoms with Gasteiger partial charge in [0.25, 0.3) is 7.82 Å². The maximum absolute atomic E-state index is 13.5. The maximum Gasteiger partial charge on any atom is 0.306 e. The number of carbonyl (C=O) groups excluding carboxylic acids is 2. The number of amides is 1. The fraction of sp³-hybridized carbons (Fsp3) is 0.785. The highest BCUT2D eigenvalue weighted by molar-refractivity contribution is 7.45. The molecule has 0 fully saturated rings. The highest BCUT2D eigenvalue weighted by Gasteiger charge is 2.27. The van der Waals surface area contributed by atoms with Crippen molar-refractivity contribution >= 4 is 19.7 Å². The molecule has 0 aliphatic heterocycles. The van der Waals surface area contributed by atoms with E-state index in [-0.39, 0.29) is 31.3 Å². The summed E-state index contributed by atoms with van der Waals surface area (Å²) in [5.74, 6) is -0.577. The Kier molecular flexibility index (Phi) is 52.9. The molecule has 0 aliphatic rings. The molecule has 0 aromatic carbocycles. The Morgan fingerprint density at radius 2 is 0.813 bits per heavy atom. The molecule has 0 aromatic heterocycles. The van der Waals surface area contributed by atoms with Gasteiger partial charge in [0.15, 0.2) is 0 Å². The van der Waals surface area contributed by atoms with Crippen LogP contribution in [0.1, 0.15) is 278 Å². The molecule has 3 unspecified atom stereocenters. The molecular weight excluding hydrogens is 952 g/mol. The summed E-state index contributed by atoms with van der Waals surface area (Å²) in [4.78, 5) is 40.0. The van der Waals surface area contributed by atoms with Gasteiger partial charge in [0.05, 0.1) is 33.8 Å². The topological polar surface area (TPSA) is 114 Å². The molecule has 436 valence electrons. The first-order chi connectivity index (χ1) is 36.4. The molecule has 0 aromatic rings. The summed E-state index contributed by atoms with van der Waals surface area (Å²) < 4.78 is 30.3. The average molecular weight is 1070 g/mol. The molecule has 10 heteroatoms. The lowest BCUT2D eigenvalue weighted by molar-refractivity contribution is -0.870. The number of quaternary nitrogens is 1. The van der Waals surface area contributed by atoms with Crippen LogP contribution in [0.15, 0.2) is 72.9 Å². The number of carbonyl (C=O) groups is 2. The second-order valence-corrected chi connectivity index (χ2v) is 23.6. The van der Waals surface area contributed by atoms with Gasteiger partial charge in [0.2, 0.25) is 5.91 Å². The number of esters is 1. The van der Waals surface area contributed by atoms with Gasteiger partial charge in [-0.2, -0.15) is 0 Å². The number of hydrogen-bond donors (Lipinski definition) is 1. The summed E-state index contributed by atoms with van der Waals surface area (Å²) in [6, 6.07) is -0.908. The molecule has 0 rings (SSSR count). The second-order valence-electron chi connectivity index (χ2n) is 22.2. The first-order valence-electron chi connectivity index (χ1n) is 31.2. The Morgan fingerprint density at radius 1 is 0.467 bits per heavy atom. The molecule has 0 saturated carbocycles. The van der Waals surface area contributed by atoms with Crippen molar-refractivity contribution in [3.05, 3.63) is 72.9 Å². The zero-order valence-electron chi connectivity index (χ0n) is 49.7. The molecular formula is C65H119N2O7P. The number of likely N-dealkylation sites (N-methyl/N-ethyl adjacent to an activating group) is 1. The van der Waals surface area contributed by atoms with E-state index in [4.69, 9.17) is 13.8 Å². The number of nitrogens with zero attached hydrogens (tertiary/aromatic N) is 1. The number of hydrogen-bond acceptors (Lipinski definition) is 7. The number of unbranched alkanes of at least 4 members (excludes halogenated alkanes) is 30. The summed E-state index contributed by atoms with van der Waals surface area (Å²) in [7, 11) is 1.16. The Bertz CT molecular complexity index is 1510. The van der Waals surface area contributed by atoms with Gasteiger partial charge in [-0.1, -0.05) is 235 Å². The third-order valence-electron chi connectivity index (χ3n) is 13.6. The van der Waals surface area contributed by atoms with Gasteiger partial charge in [-0.3, -0.25) is 14.2 Å². The van der Waals surface area contributed by atoms with E-state index in [1.807, 2.05) is 33.3 Å². The Labute approximate surface area is 463 Å². The molecule has 1 N–H and O–H groups in total.